The maximum atomic E-state index is 13.7. The third-order valence-corrected chi connectivity index (χ3v) is 7.65. The number of nitrogens with zero attached hydrogens (tertiary/aromatic N) is 1. The third-order valence-electron chi connectivity index (χ3n) is 6.52. The zero-order chi connectivity index (χ0) is 28.6. The highest BCUT2D eigenvalue weighted by molar-refractivity contribution is 7.99. The molecule has 0 radical (unpaired) electrons. The minimum atomic E-state index is -1.14. The highest BCUT2D eigenvalue weighted by Gasteiger charge is 2.42. The van der Waals surface area contributed by atoms with Crippen LogP contribution in [-0.2, 0) is 19.2 Å². The van der Waals surface area contributed by atoms with Gasteiger partial charge in [-0.15, -0.1) is 11.8 Å². The van der Waals surface area contributed by atoms with Crippen LogP contribution in [0, 0.1) is 11.3 Å². The Morgan fingerprint density at radius 3 is 2.21 bits per heavy atom. The van der Waals surface area contributed by atoms with Gasteiger partial charge in [0.2, 0.25) is 17.6 Å². The van der Waals surface area contributed by atoms with E-state index in [4.69, 9.17) is 5.73 Å². The molecule has 2 rings (SSSR count). The molecular formula is C27H41N5O5S. The first kappa shape index (κ1) is 31.1. The summed E-state index contributed by atoms with van der Waals surface area (Å²) >= 11 is 1.65. The summed E-state index contributed by atoms with van der Waals surface area (Å²) < 4.78 is 0. The second kappa shape index (κ2) is 13.6. The summed E-state index contributed by atoms with van der Waals surface area (Å²) in [6, 6.07) is 6.53. The predicted octanol–water partition coefficient (Wildman–Crippen LogP) is 2.07. The predicted molar refractivity (Wildman–Crippen MR) is 147 cm³/mol. The van der Waals surface area contributed by atoms with Crippen LogP contribution in [0.4, 0.5) is 4.79 Å². The molecule has 4 unspecified atom stereocenters. The molecule has 1 saturated heterocycles. The molecule has 1 aromatic rings. The van der Waals surface area contributed by atoms with E-state index in [0.717, 1.165) is 4.90 Å². The molecule has 5 N–H and O–H groups in total. The lowest BCUT2D eigenvalue weighted by Gasteiger charge is -2.36. The summed E-state index contributed by atoms with van der Waals surface area (Å²) in [7, 11) is 0. The molecule has 0 saturated carbocycles. The van der Waals surface area contributed by atoms with Gasteiger partial charge in [0.25, 0.3) is 5.91 Å². The van der Waals surface area contributed by atoms with Crippen LogP contribution in [0.3, 0.4) is 0 Å². The quantitative estimate of drug-likeness (QED) is 0.246. The molecule has 1 heterocycles. The zero-order valence-electron chi connectivity index (χ0n) is 23.1. The number of rotatable bonds is 11. The number of carbonyl (C=O) groups is 5. The number of Topliss-reactive ketones (excluding diaryl/α,β-unsaturated/α-hetero) is 1. The number of nitrogens with one attached hydrogen (secondary N) is 3. The smallest absolute Gasteiger partial charge is 0.315 e. The van der Waals surface area contributed by atoms with E-state index in [-0.39, 0.29) is 17.9 Å². The van der Waals surface area contributed by atoms with Gasteiger partial charge in [-0.3, -0.25) is 19.2 Å². The first-order valence-electron chi connectivity index (χ1n) is 12.9. The van der Waals surface area contributed by atoms with E-state index in [9.17, 15) is 24.0 Å². The minimum Gasteiger partial charge on any atom is -0.363 e. The molecule has 210 valence electrons. The monoisotopic (exact) mass is 547 g/mol. The molecule has 1 aromatic carbocycles. The Bertz CT molecular complexity index is 1010. The molecule has 1 aliphatic heterocycles. The van der Waals surface area contributed by atoms with Crippen molar-refractivity contribution < 1.29 is 24.0 Å². The highest BCUT2D eigenvalue weighted by Crippen LogP contribution is 2.26. The van der Waals surface area contributed by atoms with Gasteiger partial charge in [-0.2, -0.15) is 0 Å². The van der Waals surface area contributed by atoms with Gasteiger partial charge in [0.1, 0.15) is 12.1 Å². The van der Waals surface area contributed by atoms with E-state index in [1.54, 1.807) is 11.8 Å². The average Bonchev–Trinajstić information content (AvgIpc) is 3.34. The van der Waals surface area contributed by atoms with Gasteiger partial charge in [-0.1, -0.05) is 52.8 Å². The Balaban J connectivity index is 2.09. The van der Waals surface area contributed by atoms with Crippen LogP contribution in [0.15, 0.2) is 35.2 Å². The molecular weight excluding hydrogens is 506 g/mol. The number of likely N-dealkylation sites (tertiary alicyclic amines) is 1. The molecule has 0 aromatic heterocycles. The largest absolute Gasteiger partial charge is 0.363 e. The topological polar surface area (TPSA) is 151 Å². The lowest BCUT2D eigenvalue weighted by molar-refractivity contribution is -0.143. The van der Waals surface area contributed by atoms with Crippen molar-refractivity contribution in [3.05, 3.63) is 30.3 Å². The fraction of sp³-hybridized carbons (Fsp3) is 0.593. The summed E-state index contributed by atoms with van der Waals surface area (Å²) in [6.07, 6.45) is 1.00. The zero-order valence-corrected chi connectivity index (χ0v) is 23.9. The standard InChI is InChI=1S/C27H41N5O5S/c1-16(2)19(15-38-18-11-8-7-9-12-18)30-26(37)31-22(27(4,5)6)25(36)32-14-10-13-20(32)24(35)29-17(3)21(33)23(28)34/h7-9,11-12,16-17,19-20,22H,10,13-15H2,1-6H3,(H2,28,34)(H,29,35)(H2,30,31,37). The first-order valence-corrected chi connectivity index (χ1v) is 13.9. The van der Waals surface area contributed by atoms with Gasteiger partial charge in [0, 0.05) is 23.2 Å². The van der Waals surface area contributed by atoms with E-state index in [2.05, 4.69) is 16.0 Å². The summed E-state index contributed by atoms with van der Waals surface area (Å²) in [5.74, 6) is -2.13. The Kier molecular flexibility index (Phi) is 11.2. The fourth-order valence-electron chi connectivity index (χ4n) is 4.15. The molecule has 0 aliphatic carbocycles. The number of thioether (sulfide) groups is 1. The molecule has 0 spiro atoms. The molecule has 0 bridgehead atoms. The maximum Gasteiger partial charge on any atom is 0.315 e. The molecule has 1 aliphatic rings. The molecule has 11 heteroatoms. The van der Waals surface area contributed by atoms with Crippen molar-refractivity contribution in [2.45, 2.75) is 83.4 Å². The number of primary amides is 1. The molecule has 10 nitrogen and oxygen atoms in total. The van der Waals surface area contributed by atoms with E-state index in [1.807, 2.05) is 65.0 Å². The maximum absolute atomic E-state index is 13.7. The normalized spacial score (nSPS) is 17.9. The van der Waals surface area contributed by atoms with Crippen molar-refractivity contribution >= 4 is 41.3 Å². The van der Waals surface area contributed by atoms with E-state index < -0.39 is 47.2 Å². The lowest BCUT2D eigenvalue weighted by Crippen LogP contribution is -2.60. The van der Waals surface area contributed by atoms with Crippen molar-refractivity contribution in [3.8, 4) is 0 Å². The van der Waals surface area contributed by atoms with Gasteiger partial charge in [0.05, 0.1) is 6.04 Å². The number of amides is 5. The second-order valence-corrected chi connectivity index (χ2v) is 12.1. The van der Waals surface area contributed by atoms with Gasteiger partial charge in [-0.05, 0) is 43.2 Å². The summed E-state index contributed by atoms with van der Waals surface area (Å²) in [5.41, 5.74) is 4.39. The molecule has 38 heavy (non-hydrogen) atoms. The van der Waals surface area contributed by atoms with E-state index in [0.29, 0.717) is 25.1 Å². The number of carbonyl (C=O) groups excluding carboxylic acids is 5. The first-order chi connectivity index (χ1) is 17.7. The SMILES string of the molecule is CC(NC(=O)C1CCCN1C(=O)C(NC(=O)NC(CSc1ccccc1)C(C)C)C(C)(C)C)C(=O)C(N)=O. The third kappa shape index (κ3) is 8.75. The summed E-state index contributed by atoms with van der Waals surface area (Å²) in [4.78, 5) is 65.1. The minimum absolute atomic E-state index is 0.134. The Hall–Kier alpha value is -3.08. The number of nitrogens with two attached hydrogens (primary N) is 1. The van der Waals surface area contributed by atoms with Crippen LogP contribution >= 0.6 is 11.8 Å². The van der Waals surface area contributed by atoms with Crippen molar-refractivity contribution in [2.24, 2.45) is 17.1 Å². The Morgan fingerprint density at radius 2 is 1.66 bits per heavy atom. The Morgan fingerprint density at radius 1 is 1.03 bits per heavy atom. The molecule has 4 atom stereocenters. The number of ketones is 1. The van der Waals surface area contributed by atoms with Crippen molar-refractivity contribution in [1.82, 2.24) is 20.9 Å². The number of urea groups is 1. The van der Waals surface area contributed by atoms with Crippen LogP contribution in [0.5, 0.6) is 0 Å². The van der Waals surface area contributed by atoms with Crippen LogP contribution in [0.1, 0.15) is 54.4 Å². The van der Waals surface area contributed by atoms with Crippen LogP contribution in [0.25, 0.3) is 0 Å². The fourth-order valence-corrected chi connectivity index (χ4v) is 5.34. The number of hydrogen-bond acceptors (Lipinski definition) is 6. The van der Waals surface area contributed by atoms with Crippen molar-refractivity contribution in [2.75, 3.05) is 12.3 Å². The van der Waals surface area contributed by atoms with Crippen LogP contribution in [0.2, 0.25) is 0 Å². The highest BCUT2D eigenvalue weighted by atomic mass is 32.2. The van der Waals surface area contributed by atoms with Crippen LogP contribution < -0.4 is 21.7 Å². The average molecular weight is 548 g/mol. The van der Waals surface area contributed by atoms with E-state index >= 15 is 0 Å². The summed E-state index contributed by atoms with van der Waals surface area (Å²) in [6.45, 7) is 11.3. The van der Waals surface area contributed by atoms with Gasteiger partial charge < -0.3 is 26.6 Å². The van der Waals surface area contributed by atoms with Gasteiger partial charge in [0.15, 0.2) is 0 Å². The van der Waals surface area contributed by atoms with Crippen molar-refractivity contribution in [3.63, 3.8) is 0 Å². The number of benzene rings is 1. The lowest BCUT2D eigenvalue weighted by atomic mass is 9.85. The van der Waals surface area contributed by atoms with E-state index in [1.165, 1.54) is 11.8 Å². The van der Waals surface area contributed by atoms with Gasteiger partial charge >= 0.3 is 6.03 Å². The molecule has 5 amide bonds. The second-order valence-electron chi connectivity index (χ2n) is 11.0. The van der Waals surface area contributed by atoms with Gasteiger partial charge in [-0.25, -0.2) is 4.79 Å². The summed E-state index contributed by atoms with van der Waals surface area (Å²) in [5, 5.41) is 8.36. The van der Waals surface area contributed by atoms with Crippen molar-refractivity contribution in [1.29, 1.82) is 0 Å². The van der Waals surface area contributed by atoms with Crippen LogP contribution in [-0.4, -0.2) is 70.9 Å². The molecule has 1 fully saturated rings. The Labute approximate surface area is 229 Å². The number of hydrogen-bond donors (Lipinski definition) is 4.